The fraction of sp³-hybridized carbons (Fsp3) is 0.500. The number of Topliss-reactive ketones (excluding diaryl/α,β-unsaturated/α-hetero) is 1. The molecular formula is C20H22ClN3O3S. The number of likely N-dealkylation sites (N-methyl/N-ethyl adjacent to an activating group) is 1. The van der Waals surface area contributed by atoms with Crippen molar-refractivity contribution < 1.29 is 14.0 Å². The maximum atomic E-state index is 13.1. The predicted octanol–water partition coefficient (Wildman–Crippen LogP) is 4.19. The third-order valence-electron chi connectivity index (χ3n) is 5.59. The maximum Gasteiger partial charge on any atom is 0.277 e. The zero-order valence-electron chi connectivity index (χ0n) is 15.7. The molecule has 2 saturated carbocycles. The van der Waals surface area contributed by atoms with Gasteiger partial charge in [-0.2, -0.15) is 0 Å². The highest BCUT2D eigenvalue weighted by Gasteiger charge is 2.47. The summed E-state index contributed by atoms with van der Waals surface area (Å²) in [4.78, 5) is 27.7. The minimum absolute atomic E-state index is 0.0431. The van der Waals surface area contributed by atoms with Gasteiger partial charge in [0.25, 0.3) is 5.22 Å². The van der Waals surface area contributed by atoms with Crippen LogP contribution in [-0.4, -0.2) is 39.6 Å². The third-order valence-corrected chi connectivity index (χ3v) is 6.72. The highest BCUT2D eigenvalue weighted by Crippen LogP contribution is 2.43. The lowest BCUT2D eigenvalue weighted by molar-refractivity contribution is -0.146. The first kappa shape index (κ1) is 19.5. The van der Waals surface area contributed by atoms with E-state index in [1.54, 1.807) is 18.0 Å². The van der Waals surface area contributed by atoms with Crippen LogP contribution in [0.4, 0.5) is 0 Å². The van der Waals surface area contributed by atoms with Crippen molar-refractivity contribution in [3.05, 3.63) is 40.7 Å². The van der Waals surface area contributed by atoms with Gasteiger partial charge in [0, 0.05) is 30.0 Å². The second-order valence-electron chi connectivity index (χ2n) is 7.39. The average molecular weight is 420 g/mol. The minimum atomic E-state index is -1.01. The number of hydrogen-bond acceptors (Lipinski definition) is 6. The number of carbonyl (C=O) groups is 2. The molecule has 0 bridgehead atoms. The molecule has 1 amide bonds. The Bertz CT molecular complexity index is 898. The van der Waals surface area contributed by atoms with E-state index in [-0.39, 0.29) is 17.4 Å². The van der Waals surface area contributed by atoms with Crippen molar-refractivity contribution in [1.29, 1.82) is 0 Å². The Kier molecular flexibility index (Phi) is 5.47. The lowest BCUT2D eigenvalue weighted by atomic mass is 9.74. The van der Waals surface area contributed by atoms with Gasteiger partial charge in [-0.15, -0.1) is 10.2 Å². The van der Waals surface area contributed by atoms with Gasteiger partial charge in [0.1, 0.15) is 5.54 Å². The van der Waals surface area contributed by atoms with Crippen molar-refractivity contribution in [2.45, 2.75) is 55.2 Å². The highest BCUT2D eigenvalue weighted by atomic mass is 35.5. The standard InChI is InChI=1S/C20H22ClN3O3S/c1-24(17(26)12-28-19-23-22-18(27-19)13-9-10-13)20(11-5-4-8-16(20)25)14-6-2-3-7-15(14)21/h2-3,6-7,13H,4-5,8-12H2,1H3/t20-/m1/s1. The molecule has 2 aliphatic rings. The number of ketones is 1. The first-order valence-corrected chi connectivity index (χ1v) is 10.9. The van der Waals surface area contributed by atoms with Crippen LogP contribution in [0.5, 0.6) is 0 Å². The van der Waals surface area contributed by atoms with Gasteiger partial charge >= 0.3 is 0 Å². The molecule has 8 heteroatoms. The number of halogens is 1. The quantitative estimate of drug-likeness (QED) is 0.653. The lowest BCUT2D eigenvalue weighted by Crippen LogP contribution is -2.54. The number of rotatable bonds is 6. The van der Waals surface area contributed by atoms with Gasteiger partial charge in [0.15, 0.2) is 5.78 Å². The largest absolute Gasteiger partial charge is 0.416 e. The van der Waals surface area contributed by atoms with E-state index in [9.17, 15) is 9.59 Å². The number of hydrogen-bond donors (Lipinski definition) is 0. The summed E-state index contributed by atoms with van der Waals surface area (Å²) in [6.07, 6.45) is 4.90. The number of aromatic nitrogens is 2. The SMILES string of the molecule is CN(C(=O)CSc1nnc(C2CC2)o1)[C@@]1(c2ccccc2Cl)CCCCC1=O. The van der Waals surface area contributed by atoms with Gasteiger partial charge in [0.05, 0.1) is 5.75 Å². The summed E-state index contributed by atoms with van der Waals surface area (Å²) >= 11 is 7.65. The average Bonchev–Trinajstić information content (AvgIpc) is 3.45. The highest BCUT2D eigenvalue weighted by molar-refractivity contribution is 7.99. The van der Waals surface area contributed by atoms with Crippen LogP contribution in [0.25, 0.3) is 0 Å². The van der Waals surface area contributed by atoms with E-state index in [2.05, 4.69) is 10.2 Å². The van der Waals surface area contributed by atoms with Crippen molar-refractivity contribution in [2.75, 3.05) is 12.8 Å². The van der Waals surface area contributed by atoms with Gasteiger partial charge in [-0.3, -0.25) is 9.59 Å². The molecule has 2 fully saturated rings. The van der Waals surface area contributed by atoms with Crippen molar-refractivity contribution in [1.82, 2.24) is 15.1 Å². The molecule has 2 aliphatic carbocycles. The second-order valence-corrected chi connectivity index (χ2v) is 8.73. The minimum Gasteiger partial charge on any atom is -0.416 e. The molecular weight excluding hydrogens is 398 g/mol. The van der Waals surface area contributed by atoms with E-state index in [0.717, 1.165) is 25.7 Å². The van der Waals surface area contributed by atoms with Crippen molar-refractivity contribution in [2.24, 2.45) is 0 Å². The number of carbonyl (C=O) groups excluding carboxylic acids is 2. The van der Waals surface area contributed by atoms with Crippen LogP contribution in [-0.2, 0) is 15.1 Å². The van der Waals surface area contributed by atoms with Gasteiger partial charge in [-0.05, 0) is 38.2 Å². The summed E-state index contributed by atoms with van der Waals surface area (Å²) in [5.41, 5.74) is -0.307. The zero-order valence-corrected chi connectivity index (χ0v) is 17.3. The van der Waals surface area contributed by atoms with E-state index in [1.807, 2.05) is 18.2 Å². The van der Waals surface area contributed by atoms with Gasteiger partial charge in [0.2, 0.25) is 11.8 Å². The smallest absolute Gasteiger partial charge is 0.277 e. The molecule has 2 aromatic rings. The Morgan fingerprint density at radius 3 is 2.82 bits per heavy atom. The number of amides is 1. The topological polar surface area (TPSA) is 76.3 Å². The fourth-order valence-corrected chi connectivity index (χ4v) is 4.81. The summed E-state index contributed by atoms with van der Waals surface area (Å²) in [7, 11) is 1.69. The monoisotopic (exact) mass is 419 g/mol. The molecule has 0 aliphatic heterocycles. The molecule has 1 heterocycles. The Labute approximate surface area is 173 Å². The molecule has 4 rings (SSSR count). The summed E-state index contributed by atoms with van der Waals surface area (Å²) in [6, 6.07) is 7.31. The zero-order chi connectivity index (χ0) is 19.7. The number of nitrogens with zero attached hydrogens (tertiary/aromatic N) is 3. The van der Waals surface area contributed by atoms with Crippen LogP contribution in [0.2, 0.25) is 5.02 Å². The van der Waals surface area contributed by atoms with Crippen molar-refractivity contribution in [3.8, 4) is 0 Å². The van der Waals surface area contributed by atoms with E-state index < -0.39 is 5.54 Å². The van der Waals surface area contributed by atoms with E-state index in [4.69, 9.17) is 16.0 Å². The van der Waals surface area contributed by atoms with Crippen LogP contribution in [0.1, 0.15) is 55.9 Å². The van der Waals surface area contributed by atoms with Crippen LogP contribution in [0, 0.1) is 0 Å². The molecule has 1 aromatic heterocycles. The molecule has 148 valence electrons. The van der Waals surface area contributed by atoms with E-state index in [1.165, 1.54) is 11.8 Å². The molecule has 1 atom stereocenters. The van der Waals surface area contributed by atoms with Crippen LogP contribution in [0.15, 0.2) is 33.9 Å². The first-order valence-electron chi connectivity index (χ1n) is 9.53. The molecule has 0 spiro atoms. The van der Waals surface area contributed by atoms with E-state index in [0.29, 0.717) is 40.5 Å². The molecule has 28 heavy (non-hydrogen) atoms. The Morgan fingerprint density at radius 2 is 2.11 bits per heavy atom. The number of thioether (sulfide) groups is 1. The molecule has 0 saturated heterocycles. The Morgan fingerprint density at radius 1 is 1.32 bits per heavy atom. The molecule has 0 N–H and O–H groups in total. The van der Waals surface area contributed by atoms with E-state index >= 15 is 0 Å². The van der Waals surface area contributed by atoms with Gasteiger partial charge in [-0.25, -0.2) is 0 Å². The maximum absolute atomic E-state index is 13.1. The normalized spacial score (nSPS) is 22.3. The molecule has 1 aromatic carbocycles. The van der Waals surface area contributed by atoms with Gasteiger partial charge in [-0.1, -0.05) is 41.6 Å². The van der Waals surface area contributed by atoms with Gasteiger partial charge < -0.3 is 9.32 Å². The Hall–Kier alpha value is -1.86. The molecule has 0 radical (unpaired) electrons. The van der Waals surface area contributed by atoms with Crippen LogP contribution >= 0.6 is 23.4 Å². The fourth-order valence-electron chi connectivity index (χ4n) is 3.84. The summed E-state index contributed by atoms with van der Waals surface area (Å²) in [5.74, 6) is 1.04. The second kappa shape index (κ2) is 7.87. The Balaban J connectivity index is 1.54. The van der Waals surface area contributed by atoms with Crippen molar-refractivity contribution >= 4 is 35.1 Å². The third kappa shape index (κ3) is 3.57. The predicted molar refractivity (Wildman–Crippen MR) is 106 cm³/mol. The van der Waals surface area contributed by atoms with Crippen molar-refractivity contribution in [3.63, 3.8) is 0 Å². The van der Waals surface area contributed by atoms with Crippen LogP contribution in [0.3, 0.4) is 0 Å². The van der Waals surface area contributed by atoms with Crippen LogP contribution < -0.4 is 0 Å². The molecule has 0 unspecified atom stereocenters. The lowest BCUT2D eigenvalue weighted by Gasteiger charge is -2.44. The summed E-state index contributed by atoms with van der Waals surface area (Å²) < 4.78 is 5.62. The molecule has 6 nitrogen and oxygen atoms in total. The first-order chi connectivity index (χ1) is 13.5. The summed E-state index contributed by atoms with van der Waals surface area (Å²) in [6.45, 7) is 0. The summed E-state index contributed by atoms with van der Waals surface area (Å²) in [5, 5.41) is 8.96. The number of benzene rings is 1.